The van der Waals surface area contributed by atoms with E-state index >= 15 is 0 Å². The quantitative estimate of drug-likeness (QED) is 0.635. The van der Waals surface area contributed by atoms with E-state index in [-0.39, 0.29) is 17.3 Å². The molecular weight excluding hydrogens is 294 g/mol. The molecular formula is C11H19N7O2S. The predicted molar refractivity (Wildman–Crippen MR) is 75.6 cm³/mol. The van der Waals surface area contributed by atoms with Gasteiger partial charge in [0.2, 0.25) is 10.0 Å². The molecule has 0 aliphatic rings. The van der Waals surface area contributed by atoms with Crippen LogP contribution in [0.25, 0.3) is 0 Å². The number of aryl methyl sites for hydroxylation is 1. The lowest BCUT2D eigenvalue weighted by atomic mass is 10.3. The maximum absolute atomic E-state index is 12.2. The topological polar surface area (TPSA) is 118 Å². The van der Waals surface area contributed by atoms with Gasteiger partial charge in [0, 0.05) is 31.5 Å². The highest BCUT2D eigenvalue weighted by atomic mass is 32.2. The lowest BCUT2D eigenvalue weighted by Crippen LogP contribution is -2.23. The standard InChI is InChI=1S/C11H19N7O2S/c1-8(2)12-5-9-4-10(7-18(9)3)21(19,20)13-6-11-14-16-17-15-11/h4,7-8,12-13H,5-6H2,1-3H3,(H,14,15,16,17). The zero-order valence-corrected chi connectivity index (χ0v) is 13.0. The van der Waals surface area contributed by atoms with Crippen molar-refractivity contribution in [3.63, 3.8) is 0 Å². The van der Waals surface area contributed by atoms with E-state index in [1.165, 1.54) is 0 Å². The SMILES string of the molecule is CC(C)NCc1cc(S(=O)(=O)NCc2nn[nH]n2)cn1C. The highest BCUT2D eigenvalue weighted by Crippen LogP contribution is 2.13. The average Bonchev–Trinajstić information content (AvgIpc) is 3.04. The van der Waals surface area contributed by atoms with Crippen molar-refractivity contribution in [1.82, 2.24) is 35.2 Å². The monoisotopic (exact) mass is 313 g/mol. The van der Waals surface area contributed by atoms with E-state index in [1.807, 2.05) is 20.9 Å². The van der Waals surface area contributed by atoms with Crippen molar-refractivity contribution >= 4 is 10.0 Å². The van der Waals surface area contributed by atoms with E-state index in [4.69, 9.17) is 0 Å². The fraction of sp³-hybridized carbons (Fsp3) is 0.545. The fourth-order valence-corrected chi connectivity index (χ4v) is 2.78. The Bertz CT molecular complexity index is 676. The van der Waals surface area contributed by atoms with Gasteiger partial charge in [-0.15, -0.1) is 10.2 Å². The number of tetrazole rings is 1. The smallest absolute Gasteiger partial charge is 0.242 e. The van der Waals surface area contributed by atoms with Crippen molar-refractivity contribution in [3.05, 3.63) is 23.8 Å². The summed E-state index contributed by atoms with van der Waals surface area (Å²) in [6.07, 6.45) is 1.58. The first kappa shape index (κ1) is 15.6. The maximum atomic E-state index is 12.2. The third kappa shape index (κ3) is 4.09. The largest absolute Gasteiger partial charge is 0.352 e. The molecule has 2 heterocycles. The first-order valence-electron chi connectivity index (χ1n) is 6.49. The number of aromatic amines is 1. The highest BCUT2D eigenvalue weighted by molar-refractivity contribution is 7.89. The molecule has 2 rings (SSSR count). The molecule has 0 aromatic carbocycles. The Morgan fingerprint density at radius 2 is 2.14 bits per heavy atom. The third-order valence-electron chi connectivity index (χ3n) is 2.89. The number of H-pyrrole nitrogens is 1. The molecule has 2 aromatic rings. The van der Waals surface area contributed by atoms with Gasteiger partial charge in [0.25, 0.3) is 0 Å². The van der Waals surface area contributed by atoms with E-state index in [2.05, 4.69) is 30.7 Å². The molecule has 0 unspecified atom stereocenters. The molecule has 0 aliphatic heterocycles. The van der Waals surface area contributed by atoms with Crippen LogP contribution in [0.4, 0.5) is 0 Å². The molecule has 0 saturated carbocycles. The number of aromatic nitrogens is 5. The molecule has 0 saturated heterocycles. The second-order valence-electron chi connectivity index (χ2n) is 4.97. The molecule has 0 aliphatic carbocycles. The summed E-state index contributed by atoms with van der Waals surface area (Å²) in [5.41, 5.74) is 0.892. The van der Waals surface area contributed by atoms with E-state index < -0.39 is 10.0 Å². The number of hydrogen-bond donors (Lipinski definition) is 3. The minimum Gasteiger partial charge on any atom is -0.352 e. The van der Waals surface area contributed by atoms with Crippen LogP contribution in [-0.2, 0) is 30.2 Å². The van der Waals surface area contributed by atoms with Crippen LogP contribution >= 0.6 is 0 Å². The molecule has 9 nitrogen and oxygen atoms in total. The van der Waals surface area contributed by atoms with Gasteiger partial charge in [-0.1, -0.05) is 19.1 Å². The first-order chi connectivity index (χ1) is 9.88. The Hall–Kier alpha value is -1.78. The minimum atomic E-state index is -3.60. The van der Waals surface area contributed by atoms with Crippen molar-refractivity contribution in [3.8, 4) is 0 Å². The van der Waals surface area contributed by atoms with Crippen LogP contribution in [0, 0.1) is 0 Å². The van der Waals surface area contributed by atoms with Crippen LogP contribution in [-0.4, -0.2) is 39.7 Å². The summed E-state index contributed by atoms with van der Waals surface area (Å²) in [7, 11) is -1.78. The van der Waals surface area contributed by atoms with Crippen LogP contribution in [0.3, 0.4) is 0 Å². The van der Waals surface area contributed by atoms with Crippen LogP contribution in [0.1, 0.15) is 25.4 Å². The summed E-state index contributed by atoms with van der Waals surface area (Å²) < 4.78 is 28.6. The van der Waals surface area contributed by atoms with Crippen LogP contribution in [0.5, 0.6) is 0 Å². The molecule has 10 heteroatoms. The lowest BCUT2D eigenvalue weighted by Gasteiger charge is -2.08. The summed E-state index contributed by atoms with van der Waals surface area (Å²) >= 11 is 0. The van der Waals surface area contributed by atoms with Gasteiger partial charge in [-0.3, -0.25) is 0 Å². The molecule has 0 radical (unpaired) electrons. The van der Waals surface area contributed by atoms with Crippen LogP contribution < -0.4 is 10.0 Å². The summed E-state index contributed by atoms with van der Waals surface area (Å²) in [4.78, 5) is 0.217. The number of nitrogens with one attached hydrogen (secondary N) is 3. The van der Waals surface area contributed by atoms with Gasteiger partial charge in [-0.05, 0) is 6.07 Å². The second-order valence-corrected chi connectivity index (χ2v) is 6.73. The molecule has 0 bridgehead atoms. The average molecular weight is 313 g/mol. The van der Waals surface area contributed by atoms with E-state index in [9.17, 15) is 8.42 Å². The van der Waals surface area contributed by atoms with Gasteiger partial charge < -0.3 is 9.88 Å². The Balaban J connectivity index is 2.07. The van der Waals surface area contributed by atoms with E-state index in [0.717, 1.165) is 5.69 Å². The van der Waals surface area contributed by atoms with Gasteiger partial charge in [0.05, 0.1) is 11.4 Å². The molecule has 3 N–H and O–H groups in total. The van der Waals surface area contributed by atoms with Gasteiger partial charge in [0.15, 0.2) is 5.82 Å². The number of rotatable bonds is 7. The molecule has 21 heavy (non-hydrogen) atoms. The minimum absolute atomic E-state index is 0.00664. The zero-order valence-electron chi connectivity index (χ0n) is 12.2. The highest BCUT2D eigenvalue weighted by Gasteiger charge is 2.18. The van der Waals surface area contributed by atoms with Gasteiger partial charge in [0.1, 0.15) is 0 Å². The van der Waals surface area contributed by atoms with E-state index in [1.54, 1.807) is 16.8 Å². The van der Waals surface area contributed by atoms with Crippen molar-refractivity contribution in [2.45, 2.75) is 37.9 Å². The van der Waals surface area contributed by atoms with Gasteiger partial charge >= 0.3 is 0 Å². The summed E-state index contributed by atoms with van der Waals surface area (Å²) in [5, 5.41) is 16.3. The summed E-state index contributed by atoms with van der Waals surface area (Å²) in [6, 6.07) is 1.98. The molecule has 2 aromatic heterocycles. The second kappa shape index (κ2) is 6.33. The summed E-state index contributed by atoms with van der Waals surface area (Å²) in [5.74, 6) is 0.288. The van der Waals surface area contributed by atoms with Crippen LogP contribution in [0.2, 0.25) is 0 Å². The van der Waals surface area contributed by atoms with E-state index in [0.29, 0.717) is 12.6 Å². The van der Waals surface area contributed by atoms with Gasteiger partial charge in [-0.25, -0.2) is 13.1 Å². The van der Waals surface area contributed by atoms with Gasteiger partial charge in [-0.2, -0.15) is 5.21 Å². The van der Waals surface area contributed by atoms with Crippen molar-refractivity contribution < 1.29 is 8.42 Å². The fourth-order valence-electron chi connectivity index (χ4n) is 1.71. The maximum Gasteiger partial charge on any atom is 0.242 e. The Morgan fingerprint density at radius 1 is 1.38 bits per heavy atom. The molecule has 116 valence electrons. The lowest BCUT2D eigenvalue weighted by molar-refractivity contribution is 0.571. The molecule has 0 fully saturated rings. The third-order valence-corrected chi connectivity index (χ3v) is 4.26. The Morgan fingerprint density at radius 3 is 2.76 bits per heavy atom. The predicted octanol–water partition coefficient (Wildman–Crippen LogP) is -0.485. The molecule has 0 atom stereocenters. The van der Waals surface area contributed by atoms with Crippen LogP contribution in [0.15, 0.2) is 17.2 Å². The Kier molecular flexibility index (Phi) is 4.70. The summed E-state index contributed by atoms with van der Waals surface area (Å²) in [6.45, 7) is 4.67. The Labute approximate surface area is 123 Å². The number of sulfonamides is 1. The number of hydrogen-bond acceptors (Lipinski definition) is 6. The molecule has 0 spiro atoms. The van der Waals surface area contributed by atoms with Crippen molar-refractivity contribution in [2.75, 3.05) is 0 Å². The number of nitrogens with zero attached hydrogens (tertiary/aromatic N) is 4. The zero-order chi connectivity index (χ0) is 15.5. The first-order valence-corrected chi connectivity index (χ1v) is 7.97. The van der Waals surface area contributed by atoms with Crippen molar-refractivity contribution in [2.24, 2.45) is 7.05 Å². The normalized spacial score (nSPS) is 12.2. The van der Waals surface area contributed by atoms with Crippen molar-refractivity contribution in [1.29, 1.82) is 0 Å². The molecule has 0 amide bonds.